The number of hydrogen-bond donors (Lipinski definition) is 0. The van der Waals surface area contributed by atoms with Gasteiger partial charge >= 0.3 is 0 Å². The molecule has 0 bridgehead atoms. The summed E-state index contributed by atoms with van der Waals surface area (Å²) in [6, 6.07) is 68.1. The predicted octanol–water partition coefficient (Wildman–Crippen LogP) is 13.7. The van der Waals surface area contributed by atoms with Crippen LogP contribution >= 0.6 is 11.3 Å². The summed E-state index contributed by atoms with van der Waals surface area (Å²) in [6.45, 7) is 0. The van der Waals surface area contributed by atoms with Crippen LogP contribution in [0.4, 0.5) is 17.1 Å². The van der Waals surface area contributed by atoms with Gasteiger partial charge in [-0.05, 0) is 86.6 Å². The lowest BCUT2D eigenvalue weighted by molar-refractivity contribution is 1.30. The van der Waals surface area contributed by atoms with Crippen molar-refractivity contribution in [3.05, 3.63) is 188 Å². The first-order valence-corrected chi connectivity index (χ1v) is 17.2. The molecule has 0 aliphatic carbocycles. The van der Waals surface area contributed by atoms with Crippen LogP contribution in [0.5, 0.6) is 0 Å². The second kappa shape index (κ2) is 12.0. The van der Waals surface area contributed by atoms with Gasteiger partial charge in [0.15, 0.2) is 0 Å². The first kappa shape index (κ1) is 28.3. The van der Waals surface area contributed by atoms with Crippen molar-refractivity contribution < 1.29 is 0 Å². The molecular weight excluding hydrogens is 599 g/mol. The van der Waals surface area contributed by atoms with E-state index in [1.807, 2.05) is 11.3 Å². The average Bonchev–Trinajstić information content (AvgIpc) is 3.55. The van der Waals surface area contributed by atoms with Crippen molar-refractivity contribution in [1.82, 2.24) is 0 Å². The fourth-order valence-corrected chi connectivity index (χ4v) is 8.14. The minimum Gasteiger partial charge on any atom is -0.309 e. The van der Waals surface area contributed by atoms with Crippen LogP contribution in [-0.2, 0) is 0 Å². The van der Waals surface area contributed by atoms with E-state index in [1.165, 1.54) is 70.0 Å². The molecule has 0 N–H and O–H groups in total. The molecule has 2 heteroatoms. The molecule has 9 rings (SSSR count). The van der Waals surface area contributed by atoms with Crippen LogP contribution in [0.1, 0.15) is 0 Å². The summed E-state index contributed by atoms with van der Waals surface area (Å²) in [5.41, 5.74) is 10.7. The van der Waals surface area contributed by atoms with Crippen LogP contribution in [0.15, 0.2) is 188 Å². The van der Waals surface area contributed by atoms with E-state index in [-0.39, 0.29) is 0 Å². The smallest absolute Gasteiger partial charge is 0.0640 e. The molecule has 1 nitrogen and oxygen atoms in total. The molecule has 0 spiro atoms. The van der Waals surface area contributed by atoms with E-state index in [9.17, 15) is 0 Å². The normalized spacial score (nSPS) is 11.3. The maximum Gasteiger partial charge on any atom is 0.0640 e. The Morgan fingerprint density at radius 2 is 0.958 bits per heavy atom. The van der Waals surface area contributed by atoms with Crippen molar-refractivity contribution in [1.29, 1.82) is 0 Å². The lowest BCUT2D eigenvalue weighted by Crippen LogP contribution is -2.10. The number of benzene rings is 8. The van der Waals surface area contributed by atoms with Gasteiger partial charge in [-0.15, -0.1) is 11.3 Å². The Labute approximate surface area is 284 Å². The van der Waals surface area contributed by atoms with Gasteiger partial charge in [0.05, 0.1) is 10.4 Å². The molecule has 0 fully saturated rings. The third-order valence-electron chi connectivity index (χ3n) is 9.26. The molecule has 0 unspecified atom stereocenters. The summed E-state index contributed by atoms with van der Waals surface area (Å²) in [7, 11) is 0. The average molecular weight is 630 g/mol. The van der Waals surface area contributed by atoms with E-state index in [0.717, 1.165) is 11.4 Å². The second-order valence-electron chi connectivity index (χ2n) is 12.2. The second-order valence-corrected chi connectivity index (χ2v) is 13.2. The topological polar surface area (TPSA) is 3.24 Å². The molecule has 8 aromatic carbocycles. The summed E-state index contributed by atoms with van der Waals surface area (Å²) in [4.78, 5) is 2.42. The van der Waals surface area contributed by atoms with E-state index in [4.69, 9.17) is 0 Å². The molecule has 0 saturated carbocycles. The highest BCUT2D eigenvalue weighted by atomic mass is 32.1. The summed E-state index contributed by atoms with van der Waals surface area (Å²) >= 11 is 1.87. The Kier molecular flexibility index (Phi) is 7.07. The van der Waals surface area contributed by atoms with Crippen LogP contribution < -0.4 is 4.90 Å². The maximum atomic E-state index is 2.42. The van der Waals surface area contributed by atoms with E-state index in [2.05, 4.69) is 193 Å². The minimum absolute atomic E-state index is 1.12. The number of fused-ring (bicyclic) bond motifs is 4. The van der Waals surface area contributed by atoms with Gasteiger partial charge in [0.2, 0.25) is 0 Å². The Balaban J connectivity index is 1.16. The molecule has 226 valence electrons. The predicted molar refractivity (Wildman–Crippen MR) is 208 cm³/mol. The minimum atomic E-state index is 1.12. The Morgan fingerprint density at radius 3 is 1.83 bits per heavy atom. The van der Waals surface area contributed by atoms with Crippen LogP contribution in [0.25, 0.3) is 64.3 Å². The van der Waals surface area contributed by atoms with E-state index in [1.54, 1.807) is 0 Å². The molecule has 0 atom stereocenters. The molecular formula is C46H31NS. The lowest BCUT2D eigenvalue weighted by atomic mass is 9.95. The number of rotatable bonds is 6. The van der Waals surface area contributed by atoms with E-state index >= 15 is 0 Å². The zero-order chi connectivity index (χ0) is 31.9. The quantitative estimate of drug-likeness (QED) is 0.177. The van der Waals surface area contributed by atoms with Crippen molar-refractivity contribution in [3.8, 4) is 33.4 Å². The van der Waals surface area contributed by atoms with Crippen LogP contribution in [0, 0.1) is 0 Å². The van der Waals surface area contributed by atoms with Gasteiger partial charge in [-0.1, -0.05) is 146 Å². The highest BCUT2D eigenvalue weighted by Gasteiger charge is 2.19. The summed E-state index contributed by atoms with van der Waals surface area (Å²) in [6.07, 6.45) is 0. The Hall–Kier alpha value is -5.96. The number of thiophene rings is 1. The van der Waals surface area contributed by atoms with Crippen molar-refractivity contribution in [2.24, 2.45) is 0 Å². The first-order valence-electron chi connectivity index (χ1n) is 16.3. The Morgan fingerprint density at radius 1 is 0.354 bits per heavy atom. The largest absolute Gasteiger partial charge is 0.309 e. The monoisotopic (exact) mass is 629 g/mol. The lowest BCUT2D eigenvalue weighted by Gasteiger charge is -2.27. The third-order valence-corrected chi connectivity index (χ3v) is 10.5. The summed E-state index contributed by atoms with van der Waals surface area (Å²) < 4.78 is 2.59. The molecule has 9 aromatic rings. The van der Waals surface area contributed by atoms with E-state index in [0.29, 0.717) is 0 Å². The standard InChI is InChI=1S/C46H31NS/c1-2-12-32(13-3-1)36-17-9-19-39(31-36)47(44-24-11-23-43-42-21-6-7-25-45(42)48-46(43)44)38-28-26-33(27-29-38)35-16-8-18-37(30-35)41-22-10-15-34-14-4-5-20-40(34)41/h1-31H. The molecule has 0 radical (unpaired) electrons. The van der Waals surface area contributed by atoms with Crippen LogP contribution in [0.3, 0.4) is 0 Å². The fourth-order valence-electron chi connectivity index (χ4n) is 6.94. The van der Waals surface area contributed by atoms with Crippen molar-refractivity contribution in [3.63, 3.8) is 0 Å². The van der Waals surface area contributed by atoms with Gasteiger partial charge in [0, 0.05) is 26.8 Å². The van der Waals surface area contributed by atoms with Gasteiger partial charge in [-0.25, -0.2) is 0 Å². The molecule has 0 aliphatic heterocycles. The SMILES string of the molecule is c1ccc(-c2cccc(N(c3ccc(-c4cccc(-c5cccc6ccccc56)c4)cc3)c3cccc4c3sc3ccccc34)c2)cc1. The first-order chi connectivity index (χ1) is 23.8. The molecule has 1 aromatic heterocycles. The van der Waals surface area contributed by atoms with Crippen molar-refractivity contribution in [2.75, 3.05) is 4.90 Å². The van der Waals surface area contributed by atoms with Crippen LogP contribution in [0.2, 0.25) is 0 Å². The van der Waals surface area contributed by atoms with Crippen molar-refractivity contribution >= 4 is 59.3 Å². The molecule has 0 amide bonds. The number of hydrogen-bond acceptors (Lipinski definition) is 2. The van der Waals surface area contributed by atoms with Gasteiger partial charge in [0.1, 0.15) is 0 Å². The number of anilines is 3. The van der Waals surface area contributed by atoms with Gasteiger partial charge < -0.3 is 4.90 Å². The molecule has 0 saturated heterocycles. The van der Waals surface area contributed by atoms with Gasteiger partial charge in [-0.3, -0.25) is 0 Å². The molecule has 1 heterocycles. The zero-order valence-corrected chi connectivity index (χ0v) is 27.1. The maximum absolute atomic E-state index is 2.42. The zero-order valence-electron chi connectivity index (χ0n) is 26.3. The molecule has 0 aliphatic rings. The summed E-state index contributed by atoms with van der Waals surface area (Å²) in [5.74, 6) is 0. The van der Waals surface area contributed by atoms with E-state index < -0.39 is 0 Å². The van der Waals surface area contributed by atoms with Crippen LogP contribution in [-0.4, -0.2) is 0 Å². The third kappa shape index (κ3) is 5.04. The fraction of sp³-hybridized carbons (Fsp3) is 0. The van der Waals surface area contributed by atoms with Crippen molar-refractivity contribution in [2.45, 2.75) is 0 Å². The van der Waals surface area contributed by atoms with Gasteiger partial charge in [-0.2, -0.15) is 0 Å². The Bertz CT molecular complexity index is 2560. The highest BCUT2D eigenvalue weighted by Crippen LogP contribution is 2.45. The van der Waals surface area contributed by atoms with Gasteiger partial charge in [0.25, 0.3) is 0 Å². The molecule has 48 heavy (non-hydrogen) atoms. The highest BCUT2D eigenvalue weighted by molar-refractivity contribution is 7.26. The number of nitrogens with zero attached hydrogens (tertiary/aromatic N) is 1. The summed E-state index contributed by atoms with van der Waals surface area (Å²) in [5, 5.41) is 5.13.